The van der Waals surface area contributed by atoms with Crippen LogP contribution in [-0.4, -0.2) is 53.0 Å². The van der Waals surface area contributed by atoms with E-state index in [0.717, 1.165) is 0 Å². The van der Waals surface area contributed by atoms with Crippen molar-refractivity contribution >= 4 is 17.8 Å². The molecule has 1 fully saturated rings. The second-order valence-electron chi connectivity index (χ2n) is 5.87. The van der Waals surface area contributed by atoms with Gasteiger partial charge in [-0.15, -0.1) is 0 Å². The van der Waals surface area contributed by atoms with Gasteiger partial charge < -0.3 is 20.1 Å². The number of carboxylic acid groups (broad SMARTS) is 1. The maximum atomic E-state index is 12.3. The summed E-state index contributed by atoms with van der Waals surface area (Å²) in [5.41, 5.74) is -0.783. The summed E-state index contributed by atoms with van der Waals surface area (Å²) < 4.78 is 5.30. The van der Waals surface area contributed by atoms with Gasteiger partial charge in [0.1, 0.15) is 11.3 Å². The van der Waals surface area contributed by atoms with E-state index in [-0.39, 0.29) is 12.5 Å². The number of nitrogens with one attached hydrogen (secondary N) is 1. The van der Waals surface area contributed by atoms with Crippen LogP contribution in [0.15, 0.2) is 24.3 Å². The van der Waals surface area contributed by atoms with Crippen LogP contribution in [0.5, 0.6) is 5.75 Å². The lowest BCUT2D eigenvalue weighted by Gasteiger charge is -2.31. The van der Waals surface area contributed by atoms with Crippen LogP contribution in [0.4, 0.5) is 0 Å². The first-order valence-corrected chi connectivity index (χ1v) is 7.93. The fourth-order valence-electron chi connectivity index (χ4n) is 2.81. The number of nitrogens with zero attached hydrogens (tertiary/aromatic N) is 1. The Morgan fingerprint density at radius 1 is 1.29 bits per heavy atom. The summed E-state index contributed by atoms with van der Waals surface area (Å²) >= 11 is 0. The molecule has 24 heavy (non-hydrogen) atoms. The summed E-state index contributed by atoms with van der Waals surface area (Å²) in [7, 11) is 0. The monoisotopic (exact) mass is 334 g/mol. The van der Waals surface area contributed by atoms with Crippen LogP contribution in [0.2, 0.25) is 0 Å². The number of carbonyl (C=O) groups excluding carboxylic acids is 2. The first kappa shape index (κ1) is 17.8. The SMILES string of the molecule is CCOc1ccc(C(=O)NCC(=O)N2CCCC2(C)C(=O)O)cc1. The minimum Gasteiger partial charge on any atom is -0.494 e. The Labute approximate surface area is 140 Å². The number of likely N-dealkylation sites (tertiary alicyclic amines) is 1. The van der Waals surface area contributed by atoms with Crippen LogP contribution >= 0.6 is 0 Å². The molecule has 1 saturated heterocycles. The van der Waals surface area contributed by atoms with E-state index in [4.69, 9.17) is 4.74 Å². The second kappa shape index (κ2) is 7.33. The summed E-state index contributed by atoms with van der Waals surface area (Å²) in [6.07, 6.45) is 1.06. The molecule has 2 rings (SSSR count). The largest absolute Gasteiger partial charge is 0.494 e. The van der Waals surface area contributed by atoms with E-state index in [1.807, 2.05) is 6.92 Å². The third-order valence-electron chi connectivity index (χ3n) is 4.23. The molecule has 1 aliphatic heterocycles. The van der Waals surface area contributed by atoms with Gasteiger partial charge in [-0.05, 0) is 51.0 Å². The first-order valence-electron chi connectivity index (χ1n) is 7.93. The van der Waals surface area contributed by atoms with Crippen molar-refractivity contribution in [1.29, 1.82) is 0 Å². The van der Waals surface area contributed by atoms with Gasteiger partial charge in [-0.1, -0.05) is 0 Å². The second-order valence-corrected chi connectivity index (χ2v) is 5.87. The molecule has 7 nitrogen and oxygen atoms in total. The van der Waals surface area contributed by atoms with Crippen molar-refractivity contribution in [3.05, 3.63) is 29.8 Å². The summed E-state index contributed by atoms with van der Waals surface area (Å²) in [6.45, 7) is 4.11. The van der Waals surface area contributed by atoms with Gasteiger partial charge in [0.05, 0.1) is 13.2 Å². The summed E-state index contributed by atoms with van der Waals surface area (Å²) in [5, 5.41) is 11.9. The number of rotatable bonds is 6. The van der Waals surface area contributed by atoms with Crippen LogP contribution in [0.1, 0.15) is 37.0 Å². The predicted octanol–water partition coefficient (Wildman–Crippen LogP) is 1.28. The number of benzene rings is 1. The third-order valence-corrected chi connectivity index (χ3v) is 4.23. The quantitative estimate of drug-likeness (QED) is 0.817. The maximum absolute atomic E-state index is 12.3. The Morgan fingerprint density at radius 2 is 1.96 bits per heavy atom. The molecule has 2 N–H and O–H groups in total. The fraction of sp³-hybridized carbons (Fsp3) is 0.471. The molecule has 1 atom stereocenters. The smallest absolute Gasteiger partial charge is 0.329 e. The Morgan fingerprint density at radius 3 is 2.54 bits per heavy atom. The lowest BCUT2D eigenvalue weighted by molar-refractivity contribution is -0.154. The summed E-state index contributed by atoms with van der Waals surface area (Å²) in [5.74, 6) is -1.13. The fourth-order valence-corrected chi connectivity index (χ4v) is 2.81. The Balaban J connectivity index is 1.93. The van der Waals surface area contributed by atoms with Crippen molar-refractivity contribution in [1.82, 2.24) is 10.2 Å². The predicted molar refractivity (Wildman–Crippen MR) is 86.9 cm³/mol. The van der Waals surface area contributed by atoms with Gasteiger partial charge in [0, 0.05) is 12.1 Å². The molecule has 130 valence electrons. The van der Waals surface area contributed by atoms with Gasteiger partial charge in [0.15, 0.2) is 0 Å². The summed E-state index contributed by atoms with van der Waals surface area (Å²) in [4.78, 5) is 37.1. The van der Waals surface area contributed by atoms with E-state index in [1.165, 1.54) is 11.8 Å². The van der Waals surface area contributed by atoms with E-state index < -0.39 is 17.4 Å². The van der Waals surface area contributed by atoms with E-state index in [0.29, 0.717) is 37.3 Å². The highest BCUT2D eigenvalue weighted by Gasteiger charge is 2.45. The molecule has 0 aliphatic carbocycles. The number of ether oxygens (including phenoxy) is 1. The Hall–Kier alpha value is -2.57. The van der Waals surface area contributed by atoms with Crippen LogP contribution in [0.25, 0.3) is 0 Å². The van der Waals surface area contributed by atoms with Gasteiger partial charge >= 0.3 is 5.97 Å². The molecule has 0 aromatic heterocycles. The van der Waals surface area contributed by atoms with Crippen molar-refractivity contribution in [2.45, 2.75) is 32.2 Å². The molecule has 1 unspecified atom stereocenters. The van der Waals surface area contributed by atoms with Crippen molar-refractivity contribution in [2.24, 2.45) is 0 Å². The van der Waals surface area contributed by atoms with E-state index in [2.05, 4.69) is 5.32 Å². The zero-order valence-corrected chi connectivity index (χ0v) is 13.9. The lowest BCUT2D eigenvalue weighted by Crippen LogP contribution is -2.53. The normalized spacial score (nSPS) is 19.8. The molecular weight excluding hydrogens is 312 g/mol. The van der Waals surface area contributed by atoms with Crippen LogP contribution in [-0.2, 0) is 9.59 Å². The van der Waals surface area contributed by atoms with E-state index in [1.54, 1.807) is 24.3 Å². The van der Waals surface area contributed by atoms with Gasteiger partial charge in [0.25, 0.3) is 5.91 Å². The molecule has 1 aromatic rings. The highest BCUT2D eigenvalue weighted by atomic mass is 16.5. The maximum Gasteiger partial charge on any atom is 0.329 e. The van der Waals surface area contributed by atoms with Crippen molar-refractivity contribution < 1.29 is 24.2 Å². The van der Waals surface area contributed by atoms with Crippen LogP contribution in [0, 0.1) is 0 Å². The van der Waals surface area contributed by atoms with Gasteiger partial charge in [-0.25, -0.2) is 4.79 Å². The summed E-state index contributed by atoms with van der Waals surface area (Å²) in [6, 6.07) is 6.59. The van der Waals surface area contributed by atoms with Crippen LogP contribution in [0.3, 0.4) is 0 Å². The average Bonchev–Trinajstić information content (AvgIpc) is 2.97. The number of hydrogen-bond donors (Lipinski definition) is 2. The minimum absolute atomic E-state index is 0.227. The Kier molecular flexibility index (Phi) is 5.43. The number of hydrogen-bond acceptors (Lipinski definition) is 4. The zero-order valence-electron chi connectivity index (χ0n) is 13.9. The molecule has 0 spiro atoms. The number of aliphatic carboxylic acids is 1. The van der Waals surface area contributed by atoms with Crippen molar-refractivity contribution in [3.8, 4) is 5.75 Å². The Bertz CT molecular complexity index is 628. The zero-order chi connectivity index (χ0) is 17.7. The highest BCUT2D eigenvalue weighted by Crippen LogP contribution is 2.29. The molecule has 0 saturated carbocycles. The topological polar surface area (TPSA) is 95.9 Å². The standard InChI is InChI=1S/C17H22N2O5/c1-3-24-13-7-5-12(6-8-13)15(21)18-11-14(20)19-10-4-9-17(19,2)16(22)23/h5-8H,3-4,9-11H2,1-2H3,(H,18,21)(H,22,23). The lowest BCUT2D eigenvalue weighted by atomic mass is 9.99. The van der Waals surface area contributed by atoms with Gasteiger partial charge in [-0.3, -0.25) is 9.59 Å². The average molecular weight is 334 g/mol. The first-order chi connectivity index (χ1) is 11.4. The molecule has 1 aliphatic rings. The number of carboxylic acids is 1. The molecule has 2 amide bonds. The van der Waals surface area contributed by atoms with E-state index in [9.17, 15) is 19.5 Å². The number of amides is 2. The highest BCUT2D eigenvalue weighted by molar-refractivity contribution is 5.97. The molecule has 1 aromatic carbocycles. The number of carbonyl (C=O) groups is 3. The molecule has 1 heterocycles. The van der Waals surface area contributed by atoms with Gasteiger partial charge in [-0.2, -0.15) is 0 Å². The molecule has 7 heteroatoms. The minimum atomic E-state index is -1.19. The molecular formula is C17H22N2O5. The molecule has 0 bridgehead atoms. The van der Waals surface area contributed by atoms with Crippen LogP contribution < -0.4 is 10.1 Å². The van der Waals surface area contributed by atoms with E-state index >= 15 is 0 Å². The van der Waals surface area contributed by atoms with Gasteiger partial charge in [0.2, 0.25) is 5.91 Å². The third kappa shape index (κ3) is 3.67. The molecule has 0 radical (unpaired) electrons. The van der Waals surface area contributed by atoms with Crippen molar-refractivity contribution in [3.63, 3.8) is 0 Å². The van der Waals surface area contributed by atoms with Crippen molar-refractivity contribution in [2.75, 3.05) is 19.7 Å².